The highest BCUT2D eigenvalue weighted by molar-refractivity contribution is 5.44. The third kappa shape index (κ3) is 3.23. The van der Waals surface area contributed by atoms with Gasteiger partial charge < -0.3 is 9.88 Å². The van der Waals surface area contributed by atoms with Crippen molar-refractivity contribution in [2.75, 3.05) is 11.9 Å². The molecule has 3 nitrogen and oxygen atoms in total. The van der Waals surface area contributed by atoms with E-state index in [0.717, 1.165) is 18.7 Å². The fourth-order valence-corrected chi connectivity index (χ4v) is 1.82. The van der Waals surface area contributed by atoms with Crippen molar-refractivity contribution < 1.29 is 0 Å². The van der Waals surface area contributed by atoms with E-state index in [-0.39, 0.29) is 5.56 Å². The van der Waals surface area contributed by atoms with Crippen molar-refractivity contribution in [1.29, 1.82) is 0 Å². The van der Waals surface area contributed by atoms with Gasteiger partial charge in [0.25, 0.3) is 5.56 Å². The number of benzene rings is 1. The molecule has 0 aliphatic rings. The Kier molecular flexibility index (Phi) is 4.18. The van der Waals surface area contributed by atoms with Crippen LogP contribution < -0.4 is 10.9 Å². The minimum atomic E-state index is 0.0423. The molecule has 94 valence electrons. The summed E-state index contributed by atoms with van der Waals surface area (Å²) < 4.78 is 1.70. The van der Waals surface area contributed by atoms with Gasteiger partial charge in [-0.3, -0.25) is 4.79 Å². The number of aryl methyl sites for hydroxylation is 1. The summed E-state index contributed by atoms with van der Waals surface area (Å²) in [6, 6.07) is 13.6. The first-order valence-electron chi connectivity index (χ1n) is 6.28. The lowest BCUT2D eigenvalue weighted by molar-refractivity contribution is 0.697. The molecule has 1 heterocycles. The van der Waals surface area contributed by atoms with Crippen LogP contribution in [0.1, 0.15) is 12.5 Å². The Labute approximate surface area is 107 Å². The maximum atomic E-state index is 11.5. The summed E-state index contributed by atoms with van der Waals surface area (Å²) in [6.45, 7) is 3.56. The average molecular weight is 242 g/mol. The number of hydrogen-bond donors (Lipinski definition) is 1. The maximum Gasteiger partial charge on any atom is 0.250 e. The molecule has 1 aromatic heterocycles. The van der Waals surface area contributed by atoms with Crippen molar-refractivity contribution in [2.24, 2.45) is 0 Å². The van der Waals surface area contributed by atoms with Gasteiger partial charge in [-0.1, -0.05) is 25.1 Å². The lowest BCUT2D eigenvalue weighted by Crippen LogP contribution is -2.21. The second-order valence-electron chi connectivity index (χ2n) is 4.21. The number of rotatable bonds is 5. The van der Waals surface area contributed by atoms with Gasteiger partial charge in [0.15, 0.2) is 0 Å². The summed E-state index contributed by atoms with van der Waals surface area (Å²) in [5, 5.41) is 3.31. The summed E-state index contributed by atoms with van der Waals surface area (Å²) in [7, 11) is 0. The Morgan fingerprint density at radius 3 is 2.56 bits per heavy atom. The molecule has 18 heavy (non-hydrogen) atoms. The molecule has 0 amide bonds. The summed E-state index contributed by atoms with van der Waals surface area (Å²) in [5.41, 5.74) is 2.47. The van der Waals surface area contributed by atoms with E-state index in [1.807, 2.05) is 12.3 Å². The molecule has 3 heteroatoms. The Morgan fingerprint density at radius 1 is 1.11 bits per heavy atom. The van der Waals surface area contributed by atoms with Crippen LogP contribution in [-0.2, 0) is 13.0 Å². The number of nitrogens with one attached hydrogen (secondary N) is 1. The molecule has 0 aliphatic heterocycles. The summed E-state index contributed by atoms with van der Waals surface area (Å²) in [5.74, 6) is 0. The zero-order valence-corrected chi connectivity index (χ0v) is 10.6. The van der Waals surface area contributed by atoms with Crippen LogP contribution in [0.15, 0.2) is 53.5 Å². The fraction of sp³-hybridized carbons (Fsp3) is 0.267. The molecule has 0 radical (unpaired) electrons. The topological polar surface area (TPSA) is 34.0 Å². The molecule has 0 saturated carbocycles. The monoisotopic (exact) mass is 242 g/mol. The molecule has 0 aliphatic carbocycles. The lowest BCUT2D eigenvalue weighted by atomic mass is 10.1. The second kappa shape index (κ2) is 6.05. The first kappa shape index (κ1) is 12.4. The molecule has 0 fully saturated rings. The van der Waals surface area contributed by atoms with Gasteiger partial charge >= 0.3 is 0 Å². The van der Waals surface area contributed by atoms with E-state index in [0.29, 0.717) is 6.54 Å². The van der Waals surface area contributed by atoms with E-state index in [1.165, 1.54) is 5.56 Å². The van der Waals surface area contributed by atoms with E-state index in [2.05, 4.69) is 36.5 Å². The molecular formula is C15H18N2O. The Morgan fingerprint density at radius 2 is 1.89 bits per heavy atom. The molecule has 0 atom stereocenters. The molecule has 0 unspecified atom stereocenters. The lowest BCUT2D eigenvalue weighted by Gasteiger charge is -2.08. The van der Waals surface area contributed by atoms with Gasteiger partial charge in [-0.15, -0.1) is 0 Å². The van der Waals surface area contributed by atoms with Gasteiger partial charge in [0.05, 0.1) is 0 Å². The van der Waals surface area contributed by atoms with E-state index in [1.54, 1.807) is 16.7 Å². The first-order chi connectivity index (χ1) is 8.79. The minimum Gasteiger partial charge on any atom is -0.383 e. The van der Waals surface area contributed by atoms with Crippen LogP contribution in [-0.4, -0.2) is 11.1 Å². The van der Waals surface area contributed by atoms with Gasteiger partial charge in [-0.05, 0) is 30.2 Å². The van der Waals surface area contributed by atoms with Crippen LogP contribution in [0.25, 0.3) is 0 Å². The number of aromatic nitrogens is 1. The third-order valence-electron chi connectivity index (χ3n) is 2.94. The van der Waals surface area contributed by atoms with Gasteiger partial charge in [-0.2, -0.15) is 0 Å². The van der Waals surface area contributed by atoms with E-state index < -0.39 is 0 Å². The molecule has 1 aromatic carbocycles. The SMILES string of the molecule is CCc1ccc(NCCn2ccccc2=O)cc1. The largest absolute Gasteiger partial charge is 0.383 e. The zero-order chi connectivity index (χ0) is 12.8. The number of hydrogen-bond acceptors (Lipinski definition) is 2. The standard InChI is InChI=1S/C15H18N2O/c1-2-13-6-8-14(9-7-13)16-10-12-17-11-4-3-5-15(17)18/h3-9,11,16H,2,10,12H2,1H3. The van der Waals surface area contributed by atoms with E-state index >= 15 is 0 Å². The maximum absolute atomic E-state index is 11.5. The van der Waals surface area contributed by atoms with Crippen molar-refractivity contribution in [3.8, 4) is 0 Å². The molecule has 2 aromatic rings. The molecule has 0 saturated heterocycles. The minimum absolute atomic E-state index is 0.0423. The molecular weight excluding hydrogens is 224 g/mol. The number of nitrogens with zero attached hydrogens (tertiary/aromatic N) is 1. The Bertz CT molecular complexity index is 543. The zero-order valence-electron chi connectivity index (χ0n) is 10.6. The summed E-state index contributed by atoms with van der Waals surface area (Å²) in [6.07, 6.45) is 2.86. The van der Waals surface area contributed by atoms with E-state index in [4.69, 9.17) is 0 Å². The predicted molar refractivity (Wildman–Crippen MR) is 75.0 cm³/mol. The normalized spacial score (nSPS) is 10.3. The first-order valence-corrected chi connectivity index (χ1v) is 6.28. The smallest absolute Gasteiger partial charge is 0.250 e. The molecule has 0 bridgehead atoms. The van der Waals surface area contributed by atoms with Gasteiger partial charge in [-0.25, -0.2) is 0 Å². The van der Waals surface area contributed by atoms with Crippen LogP contribution in [0, 0.1) is 0 Å². The van der Waals surface area contributed by atoms with Gasteiger partial charge in [0.2, 0.25) is 0 Å². The average Bonchev–Trinajstić information content (AvgIpc) is 2.42. The highest BCUT2D eigenvalue weighted by atomic mass is 16.1. The van der Waals surface area contributed by atoms with Crippen molar-refractivity contribution in [3.63, 3.8) is 0 Å². The highest BCUT2D eigenvalue weighted by Gasteiger charge is 1.95. The van der Waals surface area contributed by atoms with Crippen LogP contribution in [0.4, 0.5) is 5.69 Å². The highest BCUT2D eigenvalue weighted by Crippen LogP contribution is 2.09. The Balaban J connectivity index is 1.88. The molecule has 1 N–H and O–H groups in total. The summed E-state index contributed by atoms with van der Waals surface area (Å²) >= 11 is 0. The van der Waals surface area contributed by atoms with Gasteiger partial charge in [0, 0.05) is 31.0 Å². The van der Waals surface area contributed by atoms with Gasteiger partial charge in [0.1, 0.15) is 0 Å². The van der Waals surface area contributed by atoms with Crippen LogP contribution in [0.2, 0.25) is 0 Å². The van der Waals surface area contributed by atoms with Crippen molar-refractivity contribution in [2.45, 2.75) is 19.9 Å². The summed E-state index contributed by atoms with van der Waals surface area (Å²) in [4.78, 5) is 11.5. The number of pyridine rings is 1. The second-order valence-corrected chi connectivity index (χ2v) is 4.21. The number of anilines is 1. The van der Waals surface area contributed by atoms with Crippen molar-refractivity contribution >= 4 is 5.69 Å². The quantitative estimate of drug-likeness (QED) is 0.874. The van der Waals surface area contributed by atoms with Crippen molar-refractivity contribution in [1.82, 2.24) is 4.57 Å². The van der Waals surface area contributed by atoms with Crippen LogP contribution in [0.3, 0.4) is 0 Å². The van der Waals surface area contributed by atoms with Crippen LogP contribution >= 0.6 is 0 Å². The Hall–Kier alpha value is -2.03. The third-order valence-corrected chi connectivity index (χ3v) is 2.94. The fourth-order valence-electron chi connectivity index (χ4n) is 1.82. The van der Waals surface area contributed by atoms with Crippen LogP contribution in [0.5, 0.6) is 0 Å². The predicted octanol–water partition coefficient (Wildman–Crippen LogP) is 2.52. The molecule has 0 spiro atoms. The van der Waals surface area contributed by atoms with Crippen molar-refractivity contribution in [3.05, 3.63) is 64.6 Å². The van der Waals surface area contributed by atoms with E-state index in [9.17, 15) is 4.79 Å². The molecule has 2 rings (SSSR count).